The van der Waals surface area contributed by atoms with Crippen molar-refractivity contribution in [3.63, 3.8) is 0 Å². The van der Waals surface area contributed by atoms with Crippen molar-refractivity contribution in [2.24, 2.45) is 0 Å². The fraction of sp³-hybridized carbons (Fsp3) is 0.412. The summed E-state index contributed by atoms with van der Waals surface area (Å²) in [6.45, 7) is 1.11. The molecule has 0 atom stereocenters. The molecule has 3 heterocycles. The van der Waals surface area contributed by atoms with E-state index < -0.39 is 5.82 Å². The topological polar surface area (TPSA) is 74.2 Å². The van der Waals surface area contributed by atoms with Crippen molar-refractivity contribution in [1.82, 2.24) is 19.9 Å². The van der Waals surface area contributed by atoms with Gasteiger partial charge in [-0.1, -0.05) is 0 Å². The van der Waals surface area contributed by atoms with Crippen LogP contribution in [0.4, 0.5) is 16.0 Å². The molecule has 25 heavy (non-hydrogen) atoms. The Kier molecular flexibility index (Phi) is 5.06. The van der Waals surface area contributed by atoms with Crippen LogP contribution >= 0.6 is 0 Å². The highest BCUT2D eigenvalue weighted by atomic mass is 19.1. The molecule has 1 aliphatic heterocycles. The normalized spacial score (nSPS) is 15.1. The molecular weight excluding hydrogens is 323 g/mol. The zero-order valence-corrected chi connectivity index (χ0v) is 14.3. The van der Waals surface area contributed by atoms with Gasteiger partial charge >= 0.3 is 0 Å². The minimum Gasteiger partial charge on any atom is -0.367 e. The number of pyridine rings is 1. The smallest absolute Gasteiger partial charge is 0.275 e. The molecule has 3 rings (SSSR count). The van der Waals surface area contributed by atoms with Crippen LogP contribution in [0.15, 0.2) is 30.7 Å². The lowest BCUT2D eigenvalue weighted by atomic mass is 10.0. The van der Waals surface area contributed by atoms with Gasteiger partial charge in [-0.15, -0.1) is 0 Å². The molecule has 0 saturated carbocycles. The molecule has 132 valence electrons. The number of likely N-dealkylation sites (tertiary alicyclic amines) is 1. The van der Waals surface area contributed by atoms with Gasteiger partial charge in [0, 0.05) is 45.5 Å². The van der Waals surface area contributed by atoms with E-state index >= 15 is 0 Å². The predicted molar refractivity (Wildman–Crippen MR) is 93.1 cm³/mol. The highest BCUT2D eigenvalue weighted by Gasteiger charge is 2.26. The second-order valence-electron chi connectivity index (χ2n) is 6.20. The van der Waals surface area contributed by atoms with E-state index in [1.54, 1.807) is 4.90 Å². The molecule has 0 bridgehead atoms. The SMILES string of the molecule is CN(C)c1cc(NC2CCN(C(=O)c3ncccc3F)CC2)ncn1. The maximum Gasteiger partial charge on any atom is 0.275 e. The fourth-order valence-corrected chi connectivity index (χ4v) is 2.80. The van der Waals surface area contributed by atoms with E-state index in [0.717, 1.165) is 24.5 Å². The first-order valence-corrected chi connectivity index (χ1v) is 8.20. The number of carbonyl (C=O) groups is 1. The predicted octanol–water partition coefficient (Wildman–Crippen LogP) is 1.79. The summed E-state index contributed by atoms with van der Waals surface area (Å²) in [4.78, 5) is 28.2. The summed E-state index contributed by atoms with van der Waals surface area (Å²) in [5.74, 6) is 0.661. The summed E-state index contributed by atoms with van der Waals surface area (Å²) in [6.07, 6.45) is 4.49. The highest BCUT2D eigenvalue weighted by molar-refractivity contribution is 5.92. The van der Waals surface area contributed by atoms with Crippen molar-refractivity contribution in [3.05, 3.63) is 42.2 Å². The van der Waals surface area contributed by atoms with Gasteiger partial charge in [-0.2, -0.15) is 0 Å². The van der Waals surface area contributed by atoms with Crippen LogP contribution in [0.25, 0.3) is 0 Å². The quantitative estimate of drug-likeness (QED) is 0.912. The van der Waals surface area contributed by atoms with Crippen LogP contribution in [-0.4, -0.2) is 59.0 Å². The van der Waals surface area contributed by atoms with E-state index in [2.05, 4.69) is 20.3 Å². The van der Waals surface area contributed by atoms with Crippen LogP contribution in [0, 0.1) is 5.82 Å². The van der Waals surface area contributed by atoms with E-state index in [1.807, 2.05) is 25.1 Å². The standard InChI is InChI=1S/C17H21FN6O/c1-23(2)15-10-14(20-11-21-15)22-12-5-8-24(9-6-12)17(25)16-13(18)4-3-7-19-16/h3-4,7,10-12H,5-6,8-9H2,1-2H3,(H,20,21,22). The third-order valence-corrected chi connectivity index (χ3v) is 4.21. The number of nitrogens with one attached hydrogen (secondary N) is 1. The molecule has 0 unspecified atom stereocenters. The van der Waals surface area contributed by atoms with E-state index in [-0.39, 0.29) is 17.6 Å². The number of hydrogen-bond acceptors (Lipinski definition) is 6. The maximum absolute atomic E-state index is 13.7. The van der Waals surface area contributed by atoms with Gasteiger partial charge < -0.3 is 15.1 Å². The first-order valence-electron chi connectivity index (χ1n) is 8.20. The first kappa shape index (κ1) is 17.1. The van der Waals surface area contributed by atoms with Crippen molar-refractivity contribution < 1.29 is 9.18 Å². The number of aromatic nitrogens is 3. The lowest BCUT2D eigenvalue weighted by Crippen LogP contribution is -2.43. The van der Waals surface area contributed by atoms with Crippen LogP contribution in [-0.2, 0) is 0 Å². The largest absolute Gasteiger partial charge is 0.367 e. The van der Waals surface area contributed by atoms with Crippen molar-refractivity contribution in [3.8, 4) is 0 Å². The van der Waals surface area contributed by atoms with Gasteiger partial charge in [-0.3, -0.25) is 4.79 Å². The molecule has 1 saturated heterocycles. The van der Waals surface area contributed by atoms with Gasteiger partial charge in [-0.05, 0) is 25.0 Å². The number of piperidine rings is 1. The summed E-state index contributed by atoms with van der Waals surface area (Å²) >= 11 is 0. The highest BCUT2D eigenvalue weighted by Crippen LogP contribution is 2.19. The van der Waals surface area contributed by atoms with Gasteiger partial charge in [0.05, 0.1) is 0 Å². The molecule has 2 aromatic rings. The Morgan fingerprint density at radius 3 is 2.72 bits per heavy atom. The Bertz CT molecular complexity index is 745. The zero-order chi connectivity index (χ0) is 17.8. The Morgan fingerprint density at radius 2 is 2.04 bits per heavy atom. The van der Waals surface area contributed by atoms with Crippen molar-refractivity contribution in [1.29, 1.82) is 0 Å². The summed E-state index contributed by atoms with van der Waals surface area (Å²) < 4.78 is 13.7. The summed E-state index contributed by atoms with van der Waals surface area (Å²) in [7, 11) is 3.85. The zero-order valence-electron chi connectivity index (χ0n) is 14.3. The molecule has 1 aliphatic rings. The molecule has 0 radical (unpaired) electrons. The second-order valence-corrected chi connectivity index (χ2v) is 6.20. The summed E-state index contributed by atoms with van der Waals surface area (Å²) in [5.41, 5.74) is -0.111. The van der Waals surface area contributed by atoms with Gasteiger partial charge in [0.15, 0.2) is 11.5 Å². The van der Waals surface area contributed by atoms with Crippen LogP contribution in [0.3, 0.4) is 0 Å². The molecule has 1 fully saturated rings. The van der Waals surface area contributed by atoms with Crippen LogP contribution in [0.2, 0.25) is 0 Å². The number of rotatable bonds is 4. The average Bonchev–Trinajstić information content (AvgIpc) is 2.62. The van der Waals surface area contributed by atoms with E-state index in [9.17, 15) is 9.18 Å². The number of anilines is 2. The molecular formula is C17H21FN6O. The lowest BCUT2D eigenvalue weighted by Gasteiger charge is -2.32. The molecule has 0 aromatic carbocycles. The van der Waals surface area contributed by atoms with Crippen LogP contribution in [0.1, 0.15) is 23.3 Å². The third kappa shape index (κ3) is 4.01. The Hall–Kier alpha value is -2.77. The lowest BCUT2D eigenvalue weighted by molar-refractivity contribution is 0.0707. The Morgan fingerprint density at radius 1 is 1.28 bits per heavy atom. The number of nitrogens with zero attached hydrogens (tertiary/aromatic N) is 5. The van der Waals surface area contributed by atoms with Gasteiger partial charge in [0.2, 0.25) is 0 Å². The fourth-order valence-electron chi connectivity index (χ4n) is 2.80. The van der Waals surface area contributed by atoms with Crippen molar-refractivity contribution in [2.45, 2.75) is 18.9 Å². The molecule has 1 amide bonds. The average molecular weight is 344 g/mol. The van der Waals surface area contributed by atoms with Gasteiger partial charge in [0.25, 0.3) is 5.91 Å². The third-order valence-electron chi connectivity index (χ3n) is 4.21. The van der Waals surface area contributed by atoms with E-state index in [0.29, 0.717) is 13.1 Å². The Labute approximate surface area is 145 Å². The molecule has 0 spiro atoms. The summed E-state index contributed by atoms with van der Waals surface area (Å²) in [5, 5.41) is 3.38. The minimum atomic E-state index is -0.579. The second kappa shape index (κ2) is 7.42. The summed E-state index contributed by atoms with van der Waals surface area (Å²) in [6, 6.07) is 4.83. The number of halogens is 1. The van der Waals surface area contributed by atoms with E-state index in [1.165, 1.54) is 24.7 Å². The van der Waals surface area contributed by atoms with Gasteiger partial charge in [0.1, 0.15) is 18.0 Å². The molecule has 0 aliphatic carbocycles. The number of amides is 1. The van der Waals surface area contributed by atoms with Crippen LogP contribution < -0.4 is 10.2 Å². The van der Waals surface area contributed by atoms with Crippen molar-refractivity contribution in [2.75, 3.05) is 37.4 Å². The number of hydrogen-bond donors (Lipinski definition) is 1. The number of carbonyl (C=O) groups excluding carboxylic acids is 1. The van der Waals surface area contributed by atoms with Crippen molar-refractivity contribution >= 4 is 17.5 Å². The first-order chi connectivity index (χ1) is 12.0. The molecule has 7 nitrogen and oxygen atoms in total. The van der Waals surface area contributed by atoms with Crippen LogP contribution in [0.5, 0.6) is 0 Å². The molecule has 1 N–H and O–H groups in total. The monoisotopic (exact) mass is 344 g/mol. The molecule has 8 heteroatoms. The van der Waals surface area contributed by atoms with Gasteiger partial charge in [-0.25, -0.2) is 19.3 Å². The molecule has 2 aromatic heterocycles. The van der Waals surface area contributed by atoms with E-state index in [4.69, 9.17) is 0 Å². The minimum absolute atomic E-state index is 0.111. The Balaban J connectivity index is 1.58. The maximum atomic E-state index is 13.7.